The third-order valence-corrected chi connectivity index (χ3v) is 4.22. The van der Waals surface area contributed by atoms with E-state index < -0.39 is 15.6 Å². The fourth-order valence-corrected chi connectivity index (χ4v) is 2.98. The normalized spacial score (nSPS) is 15.4. The van der Waals surface area contributed by atoms with Gasteiger partial charge < -0.3 is 10.8 Å². The van der Waals surface area contributed by atoms with Gasteiger partial charge >= 0.3 is 0 Å². The van der Waals surface area contributed by atoms with E-state index in [1.807, 2.05) is 13.8 Å². The van der Waals surface area contributed by atoms with Crippen LogP contribution < -0.4 is 10.5 Å². The fraction of sp³-hybridized carbons (Fsp3) is 0.727. The van der Waals surface area contributed by atoms with Crippen LogP contribution >= 0.6 is 0 Å². The lowest BCUT2D eigenvalue weighted by atomic mass is 10.0. The Hall–Kier alpha value is -1.12. The summed E-state index contributed by atoms with van der Waals surface area (Å²) >= 11 is 0. The first-order chi connectivity index (χ1) is 8.72. The molecule has 1 heterocycles. The second-order valence-electron chi connectivity index (χ2n) is 4.81. The number of nitrogens with one attached hydrogen (secondary N) is 1. The van der Waals surface area contributed by atoms with E-state index in [4.69, 9.17) is 5.73 Å². The van der Waals surface area contributed by atoms with E-state index in [1.165, 1.54) is 10.9 Å². The van der Waals surface area contributed by atoms with Crippen molar-refractivity contribution in [2.75, 3.05) is 12.3 Å². The van der Waals surface area contributed by atoms with Crippen molar-refractivity contribution in [3.05, 3.63) is 6.20 Å². The van der Waals surface area contributed by atoms with Crippen molar-refractivity contribution in [2.45, 2.75) is 50.7 Å². The number of anilines is 1. The molecule has 19 heavy (non-hydrogen) atoms. The van der Waals surface area contributed by atoms with Crippen molar-refractivity contribution >= 4 is 15.8 Å². The number of aliphatic hydroxyl groups is 1. The maximum absolute atomic E-state index is 12.1. The van der Waals surface area contributed by atoms with Crippen LogP contribution in [0, 0.1) is 0 Å². The second kappa shape index (κ2) is 5.89. The Morgan fingerprint density at radius 1 is 1.53 bits per heavy atom. The van der Waals surface area contributed by atoms with Crippen LogP contribution in [0.15, 0.2) is 11.1 Å². The average molecular weight is 290 g/mol. The molecule has 7 nitrogen and oxygen atoms in total. The summed E-state index contributed by atoms with van der Waals surface area (Å²) in [5.74, 6) is -0.0375. The third-order valence-electron chi connectivity index (χ3n) is 2.80. The standard InChI is InChI=1S/C11H22N4O3S/c1-4-6-11(3,16)8-13-19(17,18)9-7-15(5-2)14-10(9)12/h7,13,16H,4-6,8H2,1-3H3,(H2,12,14). The maximum Gasteiger partial charge on any atom is 0.245 e. The number of nitrogen functional groups attached to an aromatic ring is 1. The van der Waals surface area contributed by atoms with Crippen LogP contribution in [-0.2, 0) is 16.6 Å². The Bertz CT molecular complexity index is 522. The minimum atomic E-state index is -3.75. The maximum atomic E-state index is 12.1. The number of nitrogens with zero attached hydrogens (tertiary/aromatic N) is 2. The smallest absolute Gasteiger partial charge is 0.245 e. The highest BCUT2D eigenvalue weighted by atomic mass is 32.2. The molecule has 0 bridgehead atoms. The van der Waals surface area contributed by atoms with Gasteiger partial charge in [-0.15, -0.1) is 0 Å². The molecular weight excluding hydrogens is 268 g/mol. The molecule has 0 amide bonds. The van der Waals surface area contributed by atoms with Gasteiger partial charge in [-0.3, -0.25) is 4.68 Å². The van der Waals surface area contributed by atoms with Gasteiger partial charge in [-0.1, -0.05) is 13.3 Å². The number of hydrogen-bond acceptors (Lipinski definition) is 5. The van der Waals surface area contributed by atoms with Gasteiger partial charge in [-0.05, 0) is 20.3 Å². The zero-order chi connectivity index (χ0) is 14.7. The lowest BCUT2D eigenvalue weighted by molar-refractivity contribution is 0.0554. The number of nitrogens with two attached hydrogens (primary N) is 1. The summed E-state index contributed by atoms with van der Waals surface area (Å²) in [5.41, 5.74) is 4.52. The largest absolute Gasteiger partial charge is 0.389 e. The van der Waals surface area contributed by atoms with E-state index in [1.54, 1.807) is 6.92 Å². The molecule has 1 atom stereocenters. The molecule has 0 aromatic carbocycles. The van der Waals surface area contributed by atoms with E-state index in [9.17, 15) is 13.5 Å². The molecule has 0 radical (unpaired) electrons. The molecule has 1 aromatic heterocycles. The Labute approximate surface area is 113 Å². The summed E-state index contributed by atoms with van der Waals surface area (Å²) in [6.07, 6.45) is 2.66. The molecule has 0 fully saturated rings. The van der Waals surface area contributed by atoms with Crippen molar-refractivity contribution in [1.82, 2.24) is 14.5 Å². The molecule has 4 N–H and O–H groups in total. The first-order valence-corrected chi connectivity index (χ1v) is 7.75. The molecule has 0 aliphatic heterocycles. The van der Waals surface area contributed by atoms with E-state index in [0.29, 0.717) is 13.0 Å². The summed E-state index contributed by atoms with van der Waals surface area (Å²) < 4.78 is 28.0. The van der Waals surface area contributed by atoms with Crippen molar-refractivity contribution in [3.63, 3.8) is 0 Å². The summed E-state index contributed by atoms with van der Waals surface area (Å²) in [6, 6.07) is 0. The first-order valence-electron chi connectivity index (χ1n) is 6.27. The molecule has 0 saturated carbocycles. The van der Waals surface area contributed by atoms with Gasteiger partial charge in [0, 0.05) is 19.3 Å². The number of sulfonamides is 1. The van der Waals surface area contributed by atoms with Crippen molar-refractivity contribution < 1.29 is 13.5 Å². The topological polar surface area (TPSA) is 110 Å². The Kier molecular flexibility index (Phi) is 4.94. The van der Waals surface area contributed by atoms with Gasteiger partial charge in [0.15, 0.2) is 5.82 Å². The molecule has 1 rings (SSSR count). The molecule has 0 saturated heterocycles. The van der Waals surface area contributed by atoms with Gasteiger partial charge in [-0.2, -0.15) is 5.10 Å². The molecule has 0 aliphatic carbocycles. The average Bonchev–Trinajstić information content (AvgIpc) is 2.69. The van der Waals surface area contributed by atoms with Crippen LogP contribution in [0.5, 0.6) is 0 Å². The van der Waals surface area contributed by atoms with Crippen LogP contribution in [0.3, 0.4) is 0 Å². The minimum Gasteiger partial charge on any atom is -0.389 e. The fourth-order valence-electron chi connectivity index (χ4n) is 1.74. The number of aryl methyl sites for hydroxylation is 1. The van der Waals surface area contributed by atoms with E-state index in [2.05, 4.69) is 9.82 Å². The molecule has 110 valence electrons. The lowest BCUT2D eigenvalue weighted by Crippen LogP contribution is -2.40. The van der Waals surface area contributed by atoms with Crippen molar-refractivity contribution in [1.29, 1.82) is 0 Å². The number of rotatable bonds is 7. The first kappa shape index (κ1) is 15.9. The Balaban J connectivity index is 2.84. The van der Waals surface area contributed by atoms with Gasteiger partial charge in [0.2, 0.25) is 10.0 Å². The van der Waals surface area contributed by atoms with Crippen LogP contribution in [0.2, 0.25) is 0 Å². The van der Waals surface area contributed by atoms with Crippen LogP contribution in [0.1, 0.15) is 33.6 Å². The molecule has 1 unspecified atom stereocenters. The SMILES string of the molecule is CCCC(C)(O)CNS(=O)(=O)c1cn(CC)nc1N. The zero-order valence-electron chi connectivity index (χ0n) is 11.5. The summed E-state index contributed by atoms with van der Waals surface area (Å²) in [5, 5.41) is 13.9. The zero-order valence-corrected chi connectivity index (χ0v) is 12.4. The molecule has 0 spiro atoms. The van der Waals surface area contributed by atoms with Gasteiger partial charge in [0.05, 0.1) is 5.60 Å². The molecule has 0 aliphatic rings. The summed E-state index contributed by atoms with van der Waals surface area (Å²) in [6.45, 7) is 5.83. The van der Waals surface area contributed by atoms with Gasteiger partial charge in [-0.25, -0.2) is 13.1 Å². The monoisotopic (exact) mass is 290 g/mol. The van der Waals surface area contributed by atoms with Gasteiger partial charge in [0.25, 0.3) is 0 Å². The van der Waals surface area contributed by atoms with Crippen LogP contribution in [-0.4, -0.2) is 35.5 Å². The minimum absolute atomic E-state index is 0.0375. The molecular formula is C11H22N4O3S. The van der Waals surface area contributed by atoms with E-state index >= 15 is 0 Å². The van der Waals surface area contributed by atoms with E-state index in [-0.39, 0.29) is 17.3 Å². The van der Waals surface area contributed by atoms with Crippen LogP contribution in [0.4, 0.5) is 5.82 Å². The van der Waals surface area contributed by atoms with Crippen LogP contribution in [0.25, 0.3) is 0 Å². The van der Waals surface area contributed by atoms with Crippen molar-refractivity contribution in [2.24, 2.45) is 0 Å². The molecule has 1 aromatic rings. The lowest BCUT2D eigenvalue weighted by Gasteiger charge is -2.22. The highest BCUT2D eigenvalue weighted by molar-refractivity contribution is 7.89. The van der Waals surface area contributed by atoms with Gasteiger partial charge in [0.1, 0.15) is 4.90 Å². The van der Waals surface area contributed by atoms with Crippen molar-refractivity contribution in [3.8, 4) is 0 Å². The highest BCUT2D eigenvalue weighted by Crippen LogP contribution is 2.17. The third kappa shape index (κ3) is 4.19. The Morgan fingerprint density at radius 3 is 2.63 bits per heavy atom. The van der Waals surface area contributed by atoms with E-state index in [0.717, 1.165) is 6.42 Å². The molecule has 8 heteroatoms. The predicted octanol–water partition coefficient (Wildman–Crippen LogP) is 0.315. The predicted molar refractivity (Wildman–Crippen MR) is 73.0 cm³/mol. The number of hydrogen-bond donors (Lipinski definition) is 3. The quantitative estimate of drug-likeness (QED) is 0.669. The summed E-state index contributed by atoms with van der Waals surface area (Å²) in [4.78, 5) is -0.0540. The Morgan fingerprint density at radius 2 is 2.16 bits per heavy atom. The summed E-state index contributed by atoms with van der Waals surface area (Å²) in [7, 11) is -3.75. The number of aromatic nitrogens is 2. The highest BCUT2D eigenvalue weighted by Gasteiger charge is 2.26. The second-order valence-corrected chi connectivity index (χ2v) is 6.54.